The zero-order chi connectivity index (χ0) is 26.6. The van der Waals surface area contributed by atoms with Crippen molar-refractivity contribution in [1.29, 1.82) is 0 Å². The van der Waals surface area contributed by atoms with E-state index in [1.54, 1.807) is 11.0 Å². The van der Waals surface area contributed by atoms with Crippen LogP contribution in [0.3, 0.4) is 0 Å². The van der Waals surface area contributed by atoms with E-state index in [2.05, 4.69) is 6.92 Å². The van der Waals surface area contributed by atoms with E-state index in [0.29, 0.717) is 25.1 Å². The van der Waals surface area contributed by atoms with E-state index in [9.17, 15) is 14.7 Å². The molecule has 6 nitrogen and oxygen atoms in total. The number of hydrogen-bond acceptors (Lipinski definition) is 5. The number of unbranched alkanes of at least 4 members (excludes halogenated alkanes) is 1. The van der Waals surface area contributed by atoms with Crippen molar-refractivity contribution in [3.63, 3.8) is 0 Å². The van der Waals surface area contributed by atoms with Crippen LogP contribution in [0.15, 0.2) is 78.4 Å². The molecule has 0 spiro atoms. The van der Waals surface area contributed by atoms with E-state index >= 15 is 0 Å². The van der Waals surface area contributed by atoms with E-state index in [0.717, 1.165) is 47.5 Å². The fraction of sp³-hybridized carbons (Fsp3) is 0.312. The number of aliphatic hydroxyl groups is 1. The Morgan fingerprint density at radius 3 is 2.55 bits per heavy atom. The highest BCUT2D eigenvalue weighted by Crippen LogP contribution is 2.41. The van der Waals surface area contributed by atoms with E-state index in [4.69, 9.17) is 9.47 Å². The van der Waals surface area contributed by atoms with Crippen LogP contribution in [0, 0.1) is 0 Å². The maximum Gasteiger partial charge on any atom is 0.295 e. The molecule has 1 saturated heterocycles. The molecule has 0 aromatic heterocycles. The molecule has 0 aliphatic carbocycles. The van der Waals surface area contributed by atoms with Crippen molar-refractivity contribution in [2.45, 2.75) is 51.7 Å². The Morgan fingerprint density at radius 2 is 1.82 bits per heavy atom. The van der Waals surface area contributed by atoms with Crippen LogP contribution < -0.4 is 9.47 Å². The molecule has 6 heteroatoms. The molecule has 5 rings (SSSR count). The summed E-state index contributed by atoms with van der Waals surface area (Å²) in [5.74, 6) is 0.0766. The summed E-state index contributed by atoms with van der Waals surface area (Å²) in [5, 5.41) is 11.5. The van der Waals surface area contributed by atoms with Gasteiger partial charge in [-0.2, -0.15) is 0 Å². The zero-order valence-electron chi connectivity index (χ0n) is 21.9. The first-order valence-corrected chi connectivity index (χ1v) is 13.3. The predicted octanol–water partition coefficient (Wildman–Crippen LogP) is 5.85. The third-order valence-electron chi connectivity index (χ3n) is 7.16. The van der Waals surface area contributed by atoms with Gasteiger partial charge in [0.2, 0.25) is 0 Å². The van der Waals surface area contributed by atoms with Gasteiger partial charge < -0.3 is 19.5 Å². The van der Waals surface area contributed by atoms with Gasteiger partial charge in [-0.3, -0.25) is 9.59 Å². The Morgan fingerprint density at radius 1 is 1.05 bits per heavy atom. The minimum absolute atomic E-state index is 0.0593. The minimum atomic E-state index is -0.702. The summed E-state index contributed by atoms with van der Waals surface area (Å²) in [6.07, 6.45) is 3.39. The van der Waals surface area contributed by atoms with Crippen molar-refractivity contribution in [2.24, 2.45) is 0 Å². The monoisotopic (exact) mass is 511 g/mol. The molecule has 0 bridgehead atoms. The van der Waals surface area contributed by atoms with Gasteiger partial charge in [-0.1, -0.05) is 55.8 Å². The minimum Gasteiger partial charge on any atom is -0.507 e. The second-order valence-electron chi connectivity index (χ2n) is 9.95. The lowest BCUT2D eigenvalue weighted by atomic mass is 9.94. The molecule has 1 amide bonds. The first-order chi connectivity index (χ1) is 18.5. The molecule has 2 aliphatic rings. The smallest absolute Gasteiger partial charge is 0.295 e. The van der Waals surface area contributed by atoms with Crippen molar-refractivity contribution in [3.8, 4) is 11.5 Å². The van der Waals surface area contributed by atoms with E-state index in [-0.39, 0.29) is 17.4 Å². The lowest BCUT2D eigenvalue weighted by Gasteiger charge is -2.25. The molecule has 0 saturated carbocycles. The molecule has 1 fully saturated rings. The summed E-state index contributed by atoms with van der Waals surface area (Å²) < 4.78 is 11.6. The number of carbonyl (C=O) groups is 2. The number of ketones is 1. The largest absolute Gasteiger partial charge is 0.507 e. The van der Waals surface area contributed by atoms with Crippen LogP contribution in [0.2, 0.25) is 0 Å². The Kier molecular flexibility index (Phi) is 7.50. The molecule has 0 radical (unpaired) electrons. The molecule has 3 aromatic rings. The van der Waals surface area contributed by atoms with E-state index in [1.807, 2.05) is 73.7 Å². The average Bonchev–Trinajstić information content (AvgIpc) is 3.43. The lowest BCUT2D eigenvalue weighted by molar-refractivity contribution is -0.139. The van der Waals surface area contributed by atoms with Gasteiger partial charge in [0.25, 0.3) is 11.7 Å². The van der Waals surface area contributed by atoms with Gasteiger partial charge >= 0.3 is 0 Å². The number of carbonyl (C=O) groups excluding carboxylic acids is 2. The normalized spacial score (nSPS) is 19.9. The van der Waals surface area contributed by atoms with Crippen LogP contribution in [0.25, 0.3) is 5.76 Å². The standard InChI is InChI=1S/C32H33NO5/c1-3-4-18-37-26-13-10-23(11-14-26)29-28(30(34)24-12-15-27-25(20-24)19-21(2)38-27)31(35)32(36)33(29)17-16-22-8-6-5-7-9-22/h5-15,20-21,29,34H,3-4,16-19H2,1-2H3/t21-,29-/m1/s1. The summed E-state index contributed by atoms with van der Waals surface area (Å²) in [6, 6.07) is 22.0. The number of likely N-dealkylation sites (tertiary alicyclic amines) is 1. The SMILES string of the molecule is CCCCOc1ccc([C@@H]2C(=C(O)c3ccc4c(c3)C[C@@H](C)O4)C(=O)C(=O)N2CCc2ccccc2)cc1. The summed E-state index contributed by atoms with van der Waals surface area (Å²) in [7, 11) is 0. The van der Waals surface area contributed by atoms with Crippen LogP contribution >= 0.6 is 0 Å². The van der Waals surface area contributed by atoms with Gasteiger partial charge in [-0.15, -0.1) is 0 Å². The van der Waals surface area contributed by atoms with Crippen LogP contribution in [-0.4, -0.2) is 41.0 Å². The number of Topliss-reactive ketones (excluding diaryl/α,β-unsaturated/α-hetero) is 1. The Hall–Kier alpha value is -4.06. The highest BCUT2D eigenvalue weighted by Gasteiger charge is 2.46. The van der Waals surface area contributed by atoms with Crippen LogP contribution in [0.1, 0.15) is 55.0 Å². The number of ether oxygens (including phenoxy) is 2. The van der Waals surface area contributed by atoms with E-state index < -0.39 is 17.7 Å². The number of amides is 1. The Labute approximate surface area is 223 Å². The first kappa shape index (κ1) is 25.6. The van der Waals surface area contributed by atoms with Crippen molar-refractivity contribution in [2.75, 3.05) is 13.2 Å². The van der Waals surface area contributed by atoms with E-state index in [1.165, 1.54) is 0 Å². The highest BCUT2D eigenvalue weighted by atomic mass is 16.5. The third kappa shape index (κ3) is 5.17. The molecular formula is C32H33NO5. The fourth-order valence-electron chi connectivity index (χ4n) is 5.16. The van der Waals surface area contributed by atoms with Crippen molar-refractivity contribution in [1.82, 2.24) is 4.90 Å². The molecule has 2 atom stereocenters. The van der Waals surface area contributed by atoms with Crippen molar-refractivity contribution >= 4 is 17.4 Å². The zero-order valence-corrected chi connectivity index (χ0v) is 21.9. The Bertz CT molecular complexity index is 1350. The Balaban J connectivity index is 1.52. The van der Waals surface area contributed by atoms with Gasteiger partial charge in [0.05, 0.1) is 18.2 Å². The number of aliphatic hydroxyl groups excluding tert-OH is 1. The van der Waals surface area contributed by atoms with Crippen LogP contribution in [-0.2, 0) is 22.4 Å². The van der Waals surface area contributed by atoms with Crippen LogP contribution in [0.5, 0.6) is 11.5 Å². The summed E-state index contributed by atoms with van der Waals surface area (Å²) in [5.41, 5.74) is 3.41. The average molecular weight is 512 g/mol. The molecular weight excluding hydrogens is 478 g/mol. The molecule has 1 N–H and O–H groups in total. The maximum absolute atomic E-state index is 13.4. The quantitative estimate of drug-likeness (QED) is 0.169. The molecule has 196 valence electrons. The number of benzene rings is 3. The lowest BCUT2D eigenvalue weighted by Crippen LogP contribution is -2.31. The fourth-order valence-corrected chi connectivity index (χ4v) is 5.16. The van der Waals surface area contributed by atoms with Crippen LogP contribution in [0.4, 0.5) is 0 Å². The molecule has 3 aromatic carbocycles. The summed E-state index contributed by atoms with van der Waals surface area (Å²) in [6.45, 7) is 5.08. The molecule has 2 heterocycles. The topological polar surface area (TPSA) is 76.1 Å². The number of fused-ring (bicyclic) bond motifs is 1. The van der Waals surface area contributed by atoms with Gasteiger partial charge in [0, 0.05) is 18.5 Å². The molecule has 2 aliphatic heterocycles. The maximum atomic E-state index is 13.4. The highest BCUT2D eigenvalue weighted by molar-refractivity contribution is 6.46. The summed E-state index contributed by atoms with van der Waals surface area (Å²) >= 11 is 0. The van der Waals surface area contributed by atoms with Crippen molar-refractivity contribution in [3.05, 3.63) is 101 Å². The number of rotatable bonds is 9. The van der Waals surface area contributed by atoms with Crippen molar-refractivity contribution < 1.29 is 24.2 Å². The molecule has 0 unspecified atom stereocenters. The van der Waals surface area contributed by atoms with Gasteiger partial charge in [-0.05, 0) is 66.8 Å². The molecule has 38 heavy (non-hydrogen) atoms. The van der Waals surface area contributed by atoms with Gasteiger partial charge in [0.1, 0.15) is 23.4 Å². The first-order valence-electron chi connectivity index (χ1n) is 13.3. The second kappa shape index (κ2) is 11.1. The summed E-state index contributed by atoms with van der Waals surface area (Å²) in [4.78, 5) is 28.3. The predicted molar refractivity (Wildman–Crippen MR) is 146 cm³/mol. The third-order valence-corrected chi connectivity index (χ3v) is 7.16. The number of hydrogen-bond donors (Lipinski definition) is 1. The van der Waals surface area contributed by atoms with Gasteiger partial charge in [0.15, 0.2) is 0 Å². The van der Waals surface area contributed by atoms with Gasteiger partial charge in [-0.25, -0.2) is 0 Å². The second-order valence-corrected chi connectivity index (χ2v) is 9.95. The number of nitrogens with zero attached hydrogens (tertiary/aromatic N) is 1.